The van der Waals surface area contributed by atoms with Gasteiger partial charge in [-0.25, -0.2) is 4.79 Å². The van der Waals surface area contributed by atoms with E-state index in [2.05, 4.69) is 16.0 Å². The lowest BCUT2D eigenvalue weighted by molar-refractivity contribution is -0.114. The van der Waals surface area contributed by atoms with Gasteiger partial charge in [-0.1, -0.05) is 37.6 Å². The molecule has 0 unspecified atom stereocenters. The zero-order valence-electron chi connectivity index (χ0n) is 28.2. The van der Waals surface area contributed by atoms with E-state index < -0.39 is 17.8 Å². The van der Waals surface area contributed by atoms with Crippen molar-refractivity contribution in [3.05, 3.63) is 113 Å². The minimum Gasteiger partial charge on any atom is -0.496 e. The molecular weight excluding hydrogens is 658 g/mol. The summed E-state index contributed by atoms with van der Waals surface area (Å²) in [6, 6.07) is 25.3. The lowest BCUT2D eigenvalue weighted by Gasteiger charge is -2.15. The third-order valence-corrected chi connectivity index (χ3v) is 8.16. The van der Waals surface area contributed by atoms with Crippen LogP contribution < -0.4 is 30.2 Å². The molecule has 12 heteroatoms. The number of hydrogen-bond acceptors (Lipinski definition) is 9. The van der Waals surface area contributed by atoms with Crippen LogP contribution in [0.25, 0.3) is 6.08 Å². The summed E-state index contributed by atoms with van der Waals surface area (Å²) in [7, 11) is 4.47. The summed E-state index contributed by atoms with van der Waals surface area (Å²) in [6.07, 6.45) is 3.22. The SMILES string of the molecule is CCCCOC(=O)c1ccc(NC(=O)CSc2cccc(NC(=O)/C(=C\c3cc(OC)c(OC)cc3OC)NC(=O)c3ccccc3)c2)cc1. The van der Waals surface area contributed by atoms with Crippen molar-refractivity contribution in [3.8, 4) is 17.2 Å². The van der Waals surface area contributed by atoms with Crippen LogP contribution in [0.3, 0.4) is 0 Å². The molecule has 0 saturated heterocycles. The fourth-order valence-electron chi connectivity index (χ4n) is 4.55. The number of benzene rings is 4. The van der Waals surface area contributed by atoms with Gasteiger partial charge in [-0.3, -0.25) is 14.4 Å². The molecule has 0 fully saturated rings. The molecule has 0 atom stereocenters. The van der Waals surface area contributed by atoms with Crippen molar-refractivity contribution < 1.29 is 38.1 Å². The van der Waals surface area contributed by atoms with Gasteiger partial charge in [0.15, 0.2) is 11.5 Å². The number of rotatable bonds is 16. The molecule has 11 nitrogen and oxygen atoms in total. The van der Waals surface area contributed by atoms with Gasteiger partial charge in [-0.05, 0) is 73.2 Å². The number of carbonyl (C=O) groups is 4. The molecule has 0 aromatic heterocycles. The highest BCUT2D eigenvalue weighted by atomic mass is 32.2. The van der Waals surface area contributed by atoms with E-state index in [9.17, 15) is 19.2 Å². The molecule has 4 rings (SSSR count). The maximum Gasteiger partial charge on any atom is 0.338 e. The van der Waals surface area contributed by atoms with E-state index >= 15 is 0 Å². The van der Waals surface area contributed by atoms with Crippen LogP contribution in [0.5, 0.6) is 17.2 Å². The highest BCUT2D eigenvalue weighted by Crippen LogP contribution is 2.35. The molecule has 3 N–H and O–H groups in total. The molecule has 4 aromatic rings. The highest BCUT2D eigenvalue weighted by molar-refractivity contribution is 8.00. The summed E-state index contributed by atoms with van der Waals surface area (Å²) >= 11 is 1.28. The monoisotopic (exact) mass is 697 g/mol. The van der Waals surface area contributed by atoms with Gasteiger partial charge in [0.2, 0.25) is 5.91 Å². The van der Waals surface area contributed by atoms with Gasteiger partial charge in [-0.2, -0.15) is 0 Å². The smallest absolute Gasteiger partial charge is 0.338 e. The quantitative estimate of drug-likeness (QED) is 0.0498. The van der Waals surface area contributed by atoms with Gasteiger partial charge in [0.25, 0.3) is 11.8 Å². The van der Waals surface area contributed by atoms with Crippen molar-refractivity contribution in [2.45, 2.75) is 24.7 Å². The van der Waals surface area contributed by atoms with E-state index in [0.29, 0.717) is 51.9 Å². The molecule has 0 radical (unpaired) electrons. The normalized spacial score (nSPS) is 10.8. The van der Waals surface area contributed by atoms with Crippen molar-refractivity contribution in [1.82, 2.24) is 5.32 Å². The van der Waals surface area contributed by atoms with E-state index in [1.165, 1.54) is 39.2 Å². The van der Waals surface area contributed by atoms with Gasteiger partial charge in [0.1, 0.15) is 11.4 Å². The standard InChI is InChI=1S/C38H39N3O8S/c1-5-6-19-49-38(45)26-15-17-28(18-16-26)39-35(42)24-50-30-14-10-13-29(22-30)40-37(44)31(41-36(43)25-11-8-7-9-12-25)20-27-21-33(47-3)34(48-4)23-32(27)46-2/h7-18,20-23H,5-6,19,24H2,1-4H3,(H,39,42)(H,40,44)(H,41,43)/b31-20+. The number of ether oxygens (including phenoxy) is 4. The van der Waals surface area contributed by atoms with Crippen molar-refractivity contribution in [3.63, 3.8) is 0 Å². The average molecular weight is 698 g/mol. The van der Waals surface area contributed by atoms with E-state index in [-0.39, 0.29) is 17.4 Å². The summed E-state index contributed by atoms with van der Waals surface area (Å²) in [5.74, 6) is -0.411. The van der Waals surface area contributed by atoms with Gasteiger partial charge >= 0.3 is 5.97 Å². The molecule has 0 aliphatic carbocycles. The molecule has 0 heterocycles. The van der Waals surface area contributed by atoms with Crippen molar-refractivity contribution in [1.29, 1.82) is 0 Å². The first-order chi connectivity index (χ1) is 24.2. The Morgan fingerprint density at radius 3 is 2.10 bits per heavy atom. The molecule has 260 valence electrons. The van der Waals surface area contributed by atoms with Crippen LogP contribution in [0, 0.1) is 0 Å². The maximum absolute atomic E-state index is 13.7. The summed E-state index contributed by atoms with van der Waals surface area (Å²) in [6.45, 7) is 2.39. The zero-order chi connectivity index (χ0) is 35.9. The number of thioether (sulfide) groups is 1. The van der Waals surface area contributed by atoms with Gasteiger partial charge < -0.3 is 34.9 Å². The van der Waals surface area contributed by atoms with E-state index in [1.54, 1.807) is 84.9 Å². The Morgan fingerprint density at radius 2 is 1.42 bits per heavy atom. The first-order valence-corrected chi connectivity index (χ1v) is 16.7. The van der Waals surface area contributed by atoms with Gasteiger partial charge in [0, 0.05) is 33.5 Å². The maximum atomic E-state index is 13.7. The van der Waals surface area contributed by atoms with Crippen molar-refractivity contribution in [2.24, 2.45) is 0 Å². The number of amides is 3. The van der Waals surface area contributed by atoms with Crippen molar-refractivity contribution >= 4 is 52.9 Å². The summed E-state index contributed by atoms with van der Waals surface area (Å²) in [5.41, 5.74) is 2.17. The molecule has 0 bridgehead atoms. The number of esters is 1. The number of hydrogen-bond donors (Lipinski definition) is 3. The second kappa shape index (κ2) is 18.7. The zero-order valence-corrected chi connectivity index (χ0v) is 29.1. The average Bonchev–Trinajstić information content (AvgIpc) is 3.14. The molecule has 0 saturated carbocycles. The number of anilines is 2. The third-order valence-electron chi connectivity index (χ3n) is 7.16. The molecule has 0 aliphatic heterocycles. The van der Waals surface area contributed by atoms with E-state index in [1.807, 2.05) is 13.0 Å². The van der Waals surface area contributed by atoms with Crippen molar-refractivity contribution in [2.75, 3.05) is 44.3 Å². The van der Waals surface area contributed by atoms with Crippen LogP contribution in [-0.2, 0) is 14.3 Å². The fraction of sp³-hybridized carbons (Fsp3) is 0.211. The Bertz CT molecular complexity index is 1830. The lowest BCUT2D eigenvalue weighted by Crippen LogP contribution is -2.30. The number of methoxy groups -OCH3 is 3. The summed E-state index contributed by atoms with van der Waals surface area (Å²) in [4.78, 5) is 52.4. The summed E-state index contributed by atoms with van der Waals surface area (Å²) < 4.78 is 21.6. The summed E-state index contributed by atoms with van der Waals surface area (Å²) in [5, 5.41) is 8.37. The second-order valence-corrected chi connectivity index (χ2v) is 11.8. The molecule has 4 aromatic carbocycles. The number of nitrogens with one attached hydrogen (secondary N) is 3. The first-order valence-electron chi connectivity index (χ1n) is 15.7. The van der Waals surface area contributed by atoms with Crippen LogP contribution >= 0.6 is 11.8 Å². The van der Waals surface area contributed by atoms with Crippen LogP contribution in [0.15, 0.2) is 102 Å². The van der Waals surface area contributed by atoms with Crippen LogP contribution in [0.1, 0.15) is 46.0 Å². The molecule has 3 amide bonds. The Balaban J connectivity index is 1.46. The second-order valence-electron chi connectivity index (χ2n) is 10.7. The van der Waals surface area contributed by atoms with E-state index in [4.69, 9.17) is 18.9 Å². The molecule has 0 aliphatic rings. The van der Waals surface area contributed by atoms with Gasteiger partial charge in [0.05, 0.1) is 39.3 Å². The minimum absolute atomic E-state index is 0.0537. The Morgan fingerprint density at radius 1 is 0.720 bits per heavy atom. The molecular formula is C38H39N3O8S. The fourth-order valence-corrected chi connectivity index (χ4v) is 5.31. The largest absolute Gasteiger partial charge is 0.496 e. The predicted octanol–water partition coefficient (Wildman–Crippen LogP) is 6.81. The number of carbonyl (C=O) groups excluding carboxylic acids is 4. The highest BCUT2D eigenvalue weighted by Gasteiger charge is 2.18. The van der Waals surface area contributed by atoms with Crippen LogP contribution in [0.4, 0.5) is 11.4 Å². The Labute approximate surface area is 295 Å². The van der Waals surface area contributed by atoms with E-state index in [0.717, 1.165) is 17.7 Å². The molecule has 0 spiro atoms. The lowest BCUT2D eigenvalue weighted by atomic mass is 10.1. The topological polar surface area (TPSA) is 141 Å². The minimum atomic E-state index is -0.594. The third kappa shape index (κ3) is 10.6. The Kier molecular flexibility index (Phi) is 13.9. The number of unbranched alkanes of at least 4 members (excludes halogenated alkanes) is 1. The first kappa shape index (κ1) is 37.1. The van der Waals surface area contributed by atoms with Gasteiger partial charge in [-0.15, -0.1) is 11.8 Å². The predicted molar refractivity (Wildman–Crippen MR) is 194 cm³/mol. The Hall–Kier alpha value is -5.75. The van der Waals surface area contributed by atoms with Crippen LogP contribution in [0.2, 0.25) is 0 Å². The van der Waals surface area contributed by atoms with Crippen LogP contribution in [-0.4, -0.2) is 57.4 Å². The molecule has 50 heavy (non-hydrogen) atoms.